The van der Waals surface area contributed by atoms with Gasteiger partial charge >= 0.3 is 0 Å². The number of hydrogen-bond acceptors (Lipinski definition) is 3. The van der Waals surface area contributed by atoms with E-state index in [1.807, 2.05) is 12.1 Å². The highest BCUT2D eigenvalue weighted by atomic mass is 16.5. The maximum absolute atomic E-state index is 12.1. The van der Waals surface area contributed by atoms with E-state index in [4.69, 9.17) is 4.74 Å². The Balaban J connectivity index is 1.45. The van der Waals surface area contributed by atoms with Gasteiger partial charge in [0.25, 0.3) is 0 Å². The predicted molar refractivity (Wildman–Crippen MR) is 101 cm³/mol. The summed E-state index contributed by atoms with van der Waals surface area (Å²) in [5, 5.41) is 2.98. The molecule has 0 radical (unpaired) electrons. The van der Waals surface area contributed by atoms with Gasteiger partial charge < -0.3 is 10.1 Å². The first-order valence-corrected chi connectivity index (χ1v) is 8.93. The minimum atomic E-state index is 0.0569. The highest BCUT2D eigenvalue weighted by molar-refractivity contribution is 5.90. The SMILES string of the molecule is Cc1ccc(CCC(=O)Nc2ccc(CN3CCOCC3)cc2)cc1. The monoisotopic (exact) mass is 338 g/mol. The predicted octanol–water partition coefficient (Wildman–Crippen LogP) is 3.40. The summed E-state index contributed by atoms with van der Waals surface area (Å²) in [6.07, 6.45) is 1.26. The molecular weight excluding hydrogens is 312 g/mol. The van der Waals surface area contributed by atoms with Crippen molar-refractivity contribution in [2.45, 2.75) is 26.3 Å². The molecule has 1 aliphatic heterocycles. The van der Waals surface area contributed by atoms with Crippen molar-refractivity contribution in [3.05, 3.63) is 65.2 Å². The quantitative estimate of drug-likeness (QED) is 0.878. The summed E-state index contributed by atoms with van der Waals surface area (Å²) in [5.41, 5.74) is 4.56. The molecule has 3 rings (SSSR count). The van der Waals surface area contributed by atoms with Crippen molar-refractivity contribution < 1.29 is 9.53 Å². The lowest BCUT2D eigenvalue weighted by molar-refractivity contribution is -0.116. The number of morpholine rings is 1. The molecule has 1 amide bonds. The third kappa shape index (κ3) is 5.69. The van der Waals surface area contributed by atoms with Crippen molar-refractivity contribution in [3.63, 3.8) is 0 Å². The lowest BCUT2D eigenvalue weighted by atomic mass is 10.1. The Morgan fingerprint density at radius 2 is 1.64 bits per heavy atom. The second-order valence-electron chi connectivity index (χ2n) is 6.62. The number of amides is 1. The smallest absolute Gasteiger partial charge is 0.224 e. The van der Waals surface area contributed by atoms with Crippen LogP contribution in [0.3, 0.4) is 0 Å². The molecule has 0 atom stereocenters. The number of ether oxygens (including phenoxy) is 1. The zero-order chi connectivity index (χ0) is 17.5. The van der Waals surface area contributed by atoms with Crippen LogP contribution in [0.15, 0.2) is 48.5 Å². The average molecular weight is 338 g/mol. The van der Waals surface area contributed by atoms with E-state index in [-0.39, 0.29) is 5.91 Å². The molecule has 0 bridgehead atoms. The van der Waals surface area contributed by atoms with Gasteiger partial charge in [-0.2, -0.15) is 0 Å². The minimum Gasteiger partial charge on any atom is -0.379 e. The first-order valence-electron chi connectivity index (χ1n) is 8.93. The molecule has 25 heavy (non-hydrogen) atoms. The highest BCUT2D eigenvalue weighted by Crippen LogP contribution is 2.13. The fraction of sp³-hybridized carbons (Fsp3) is 0.381. The van der Waals surface area contributed by atoms with Gasteiger partial charge in [0.05, 0.1) is 13.2 Å². The second kappa shape index (κ2) is 8.79. The summed E-state index contributed by atoms with van der Waals surface area (Å²) in [6, 6.07) is 16.5. The van der Waals surface area contributed by atoms with Crippen LogP contribution in [0, 0.1) is 6.92 Å². The van der Waals surface area contributed by atoms with Crippen LogP contribution in [0.25, 0.3) is 0 Å². The maximum Gasteiger partial charge on any atom is 0.224 e. The number of nitrogens with zero attached hydrogens (tertiary/aromatic N) is 1. The number of aryl methyl sites for hydroxylation is 2. The Morgan fingerprint density at radius 3 is 2.32 bits per heavy atom. The van der Waals surface area contributed by atoms with Crippen LogP contribution in [0.1, 0.15) is 23.1 Å². The third-order valence-electron chi connectivity index (χ3n) is 4.51. The molecule has 1 heterocycles. The largest absolute Gasteiger partial charge is 0.379 e. The van der Waals surface area contributed by atoms with Crippen LogP contribution in [0.4, 0.5) is 5.69 Å². The Labute approximate surface area is 149 Å². The summed E-state index contributed by atoms with van der Waals surface area (Å²) in [6.45, 7) is 6.60. The summed E-state index contributed by atoms with van der Waals surface area (Å²) in [4.78, 5) is 14.5. The van der Waals surface area contributed by atoms with E-state index in [1.165, 1.54) is 16.7 Å². The van der Waals surface area contributed by atoms with Crippen molar-refractivity contribution in [3.8, 4) is 0 Å². The molecule has 0 spiro atoms. The second-order valence-corrected chi connectivity index (χ2v) is 6.62. The minimum absolute atomic E-state index is 0.0569. The average Bonchev–Trinajstić information content (AvgIpc) is 2.64. The van der Waals surface area contributed by atoms with Gasteiger partial charge in [0.1, 0.15) is 0 Å². The van der Waals surface area contributed by atoms with Gasteiger partial charge in [-0.3, -0.25) is 9.69 Å². The fourth-order valence-corrected chi connectivity index (χ4v) is 2.95. The molecule has 1 fully saturated rings. The third-order valence-corrected chi connectivity index (χ3v) is 4.51. The molecule has 132 valence electrons. The summed E-state index contributed by atoms with van der Waals surface area (Å²) in [7, 11) is 0. The molecule has 0 aliphatic carbocycles. The Hall–Kier alpha value is -2.17. The van der Waals surface area contributed by atoms with Crippen molar-refractivity contribution in [2.24, 2.45) is 0 Å². The van der Waals surface area contributed by atoms with Crippen LogP contribution >= 0.6 is 0 Å². The summed E-state index contributed by atoms with van der Waals surface area (Å²) in [5.74, 6) is 0.0569. The maximum atomic E-state index is 12.1. The molecule has 4 nitrogen and oxygen atoms in total. The van der Waals surface area contributed by atoms with E-state index in [0.29, 0.717) is 6.42 Å². The standard InChI is InChI=1S/C21H26N2O2/c1-17-2-4-18(5-3-17)8-11-21(24)22-20-9-6-19(7-10-20)16-23-12-14-25-15-13-23/h2-7,9-10H,8,11-16H2,1H3,(H,22,24). The molecule has 0 aromatic heterocycles. The molecule has 0 saturated carbocycles. The van der Waals surface area contributed by atoms with Crippen LogP contribution in [0.2, 0.25) is 0 Å². The number of nitrogens with one attached hydrogen (secondary N) is 1. The van der Waals surface area contributed by atoms with Gasteiger partial charge in [-0.1, -0.05) is 42.0 Å². The van der Waals surface area contributed by atoms with Gasteiger partial charge in [0.15, 0.2) is 0 Å². The number of carbonyl (C=O) groups is 1. The van der Waals surface area contributed by atoms with E-state index >= 15 is 0 Å². The Morgan fingerprint density at radius 1 is 1.00 bits per heavy atom. The lowest BCUT2D eigenvalue weighted by Gasteiger charge is -2.26. The van der Waals surface area contributed by atoms with Crippen LogP contribution in [-0.2, 0) is 22.5 Å². The lowest BCUT2D eigenvalue weighted by Crippen LogP contribution is -2.35. The highest BCUT2D eigenvalue weighted by Gasteiger charge is 2.10. The van der Waals surface area contributed by atoms with Crippen molar-refractivity contribution >= 4 is 11.6 Å². The van der Waals surface area contributed by atoms with Gasteiger partial charge in [0.2, 0.25) is 5.91 Å². The topological polar surface area (TPSA) is 41.6 Å². The zero-order valence-electron chi connectivity index (χ0n) is 14.8. The van der Waals surface area contributed by atoms with Gasteiger partial charge in [-0.05, 0) is 36.6 Å². The molecule has 2 aromatic rings. The first-order chi connectivity index (χ1) is 12.2. The zero-order valence-corrected chi connectivity index (χ0v) is 14.8. The van der Waals surface area contributed by atoms with Crippen LogP contribution in [0.5, 0.6) is 0 Å². The fourth-order valence-electron chi connectivity index (χ4n) is 2.95. The van der Waals surface area contributed by atoms with Gasteiger partial charge in [-0.25, -0.2) is 0 Å². The van der Waals surface area contributed by atoms with E-state index in [0.717, 1.165) is 45.0 Å². The molecule has 0 unspecified atom stereocenters. The van der Waals surface area contributed by atoms with Crippen molar-refractivity contribution in [1.29, 1.82) is 0 Å². The molecular formula is C21H26N2O2. The molecule has 1 N–H and O–H groups in total. The molecule has 4 heteroatoms. The van der Waals surface area contributed by atoms with Crippen LogP contribution < -0.4 is 5.32 Å². The number of benzene rings is 2. The molecule has 2 aromatic carbocycles. The first kappa shape index (κ1) is 17.6. The summed E-state index contributed by atoms with van der Waals surface area (Å²) < 4.78 is 5.37. The van der Waals surface area contributed by atoms with E-state index in [2.05, 4.69) is 53.5 Å². The summed E-state index contributed by atoms with van der Waals surface area (Å²) >= 11 is 0. The van der Waals surface area contributed by atoms with Gasteiger partial charge in [-0.15, -0.1) is 0 Å². The normalized spacial score (nSPS) is 15.1. The number of hydrogen-bond donors (Lipinski definition) is 1. The van der Waals surface area contributed by atoms with E-state index in [1.54, 1.807) is 0 Å². The Bertz CT molecular complexity index is 674. The van der Waals surface area contributed by atoms with Crippen LogP contribution in [-0.4, -0.2) is 37.1 Å². The Kier molecular flexibility index (Phi) is 6.20. The number of rotatable bonds is 6. The molecule has 1 aliphatic rings. The number of carbonyl (C=O) groups excluding carboxylic acids is 1. The van der Waals surface area contributed by atoms with E-state index in [9.17, 15) is 4.79 Å². The van der Waals surface area contributed by atoms with E-state index < -0.39 is 0 Å². The van der Waals surface area contributed by atoms with Crippen molar-refractivity contribution in [1.82, 2.24) is 4.90 Å². The van der Waals surface area contributed by atoms with Gasteiger partial charge in [0, 0.05) is 31.7 Å². The molecule has 1 saturated heterocycles. The number of anilines is 1. The van der Waals surface area contributed by atoms with Crippen molar-refractivity contribution in [2.75, 3.05) is 31.6 Å².